The smallest absolute Gasteiger partial charge is 0.408 e. The Balaban J connectivity index is 2.69. The van der Waals surface area contributed by atoms with Crippen LogP contribution in [0, 0.1) is 0 Å². The van der Waals surface area contributed by atoms with Gasteiger partial charge in [0.2, 0.25) is 0 Å². The van der Waals surface area contributed by atoms with Crippen LogP contribution in [0.5, 0.6) is 5.75 Å². The van der Waals surface area contributed by atoms with E-state index in [1.807, 2.05) is 58.9 Å². The van der Waals surface area contributed by atoms with Crippen LogP contribution in [0.25, 0.3) is 0 Å². The number of nitrogens with one attached hydrogen (secondary N) is 1. The first kappa shape index (κ1) is 17.3. The molecule has 1 aromatic rings. The van der Waals surface area contributed by atoms with Crippen molar-refractivity contribution in [2.24, 2.45) is 5.73 Å². The Bertz CT molecular complexity index is 450. The highest BCUT2D eigenvalue weighted by atomic mass is 16.6. The minimum Gasteiger partial charge on any atom is -0.491 e. The molecule has 1 unspecified atom stereocenters. The minimum atomic E-state index is -0.530. The summed E-state index contributed by atoms with van der Waals surface area (Å²) >= 11 is 0. The molecule has 21 heavy (non-hydrogen) atoms. The molecular weight excluding hydrogens is 268 g/mol. The largest absolute Gasteiger partial charge is 0.491 e. The van der Waals surface area contributed by atoms with E-state index < -0.39 is 11.7 Å². The number of benzene rings is 1. The maximum absolute atomic E-state index is 11.8. The van der Waals surface area contributed by atoms with Crippen molar-refractivity contribution in [2.45, 2.75) is 52.4 Å². The molecule has 3 N–H and O–H groups in total. The summed E-state index contributed by atoms with van der Waals surface area (Å²) in [5.41, 5.74) is 6.12. The van der Waals surface area contributed by atoms with Crippen molar-refractivity contribution in [2.75, 3.05) is 6.54 Å². The standard InChI is InChI=1S/C16H26N2O3/c1-11(2)20-13-8-6-12(7-9-13)14(10-17)18-15(19)21-16(3,4)5/h6-9,11,14H,10,17H2,1-5H3,(H,18,19). The Morgan fingerprint density at radius 2 is 1.81 bits per heavy atom. The van der Waals surface area contributed by atoms with Crippen LogP contribution in [0.4, 0.5) is 4.79 Å². The van der Waals surface area contributed by atoms with Crippen molar-refractivity contribution in [3.8, 4) is 5.75 Å². The monoisotopic (exact) mass is 294 g/mol. The Morgan fingerprint density at radius 3 is 2.24 bits per heavy atom. The van der Waals surface area contributed by atoms with Gasteiger partial charge in [0, 0.05) is 6.54 Å². The zero-order valence-electron chi connectivity index (χ0n) is 13.5. The van der Waals surface area contributed by atoms with E-state index in [0.717, 1.165) is 11.3 Å². The molecule has 118 valence electrons. The van der Waals surface area contributed by atoms with Crippen LogP contribution >= 0.6 is 0 Å². The number of hydrogen-bond donors (Lipinski definition) is 2. The summed E-state index contributed by atoms with van der Waals surface area (Å²) in [6.07, 6.45) is -0.346. The van der Waals surface area contributed by atoms with E-state index >= 15 is 0 Å². The zero-order chi connectivity index (χ0) is 16.0. The molecule has 0 aliphatic heterocycles. The molecule has 0 saturated heterocycles. The lowest BCUT2D eigenvalue weighted by Crippen LogP contribution is -2.37. The third-order valence-electron chi connectivity index (χ3n) is 2.58. The van der Waals surface area contributed by atoms with Crippen LogP contribution < -0.4 is 15.8 Å². The average Bonchev–Trinajstić information content (AvgIpc) is 2.34. The van der Waals surface area contributed by atoms with Gasteiger partial charge in [-0.1, -0.05) is 12.1 Å². The topological polar surface area (TPSA) is 73.6 Å². The van der Waals surface area contributed by atoms with Crippen LogP contribution in [-0.2, 0) is 4.74 Å². The summed E-state index contributed by atoms with van der Waals surface area (Å²) in [4.78, 5) is 11.8. The molecule has 5 nitrogen and oxygen atoms in total. The summed E-state index contributed by atoms with van der Waals surface area (Å²) in [5, 5.41) is 2.77. The second kappa shape index (κ2) is 7.31. The number of alkyl carbamates (subject to hydrolysis) is 1. The van der Waals surface area contributed by atoms with Crippen LogP contribution in [0.1, 0.15) is 46.2 Å². The van der Waals surface area contributed by atoms with Crippen LogP contribution in [-0.4, -0.2) is 24.3 Å². The Labute approximate surface area is 126 Å². The van der Waals surface area contributed by atoms with Gasteiger partial charge in [0.15, 0.2) is 0 Å². The van der Waals surface area contributed by atoms with Crippen molar-refractivity contribution in [3.63, 3.8) is 0 Å². The number of nitrogens with two attached hydrogens (primary N) is 1. The lowest BCUT2D eigenvalue weighted by Gasteiger charge is -2.23. The lowest BCUT2D eigenvalue weighted by atomic mass is 10.1. The molecule has 5 heteroatoms. The van der Waals surface area contributed by atoms with Crippen molar-refractivity contribution < 1.29 is 14.3 Å². The van der Waals surface area contributed by atoms with E-state index in [1.165, 1.54) is 0 Å². The predicted octanol–water partition coefficient (Wildman–Crippen LogP) is 3.00. The van der Waals surface area contributed by atoms with Crippen molar-refractivity contribution in [1.82, 2.24) is 5.32 Å². The molecule has 0 spiro atoms. The quantitative estimate of drug-likeness (QED) is 0.875. The Morgan fingerprint density at radius 1 is 1.24 bits per heavy atom. The van der Waals surface area contributed by atoms with E-state index in [-0.39, 0.29) is 12.1 Å². The number of carbonyl (C=O) groups is 1. The van der Waals surface area contributed by atoms with E-state index in [4.69, 9.17) is 15.2 Å². The lowest BCUT2D eigenvalue weighted by molar-refractivity contribution is 0.0505. The second-order valence-corrected chi connectivity index (χ2v) is 6.17. The molecule has 0 bridgehead atoms. The van der Waals surface area contributed by atoms with Gasteiger partial charge in [0.1, 0.15) is 11.4 Å². The molecule has 1 amide bonds. The molecule has 0 aliphatic carbocycles. The van der Waals surface area contributed by atoms with Gasteiger partial charge in [0.25, 0.3) is 0 Å². The van der Waals surface area contributed by atoms with Gasteiger partial charge in [-0.2, -0.15) is 0 Å². The number of amides is 1. The molecule has 1 atom stereocenters. The van der Waals surface area contributed by atoms with Gasteiger partial charge in [-0.15, -0.1) is 0 Å². The van der Waals surface area contributed by atoms with Gasteiger partial charge < -0.3 is 20.5 Å². The second-order valence-electron chi connectivity index (χ2n) is 6.17. The molecule has 1 aromatic carbocycles. The summed E-state index contributed by atoms with van der Waals surface area (Å²) in [6.45, 7) is 9.71. The highest BCUT2D eigenvalue weighted by Crippen LogP contribution is 2.19. The van der Waals surface area contributed by atoms with E-state index in [0.29, 0.717) is 6.54 Å². The van der Waals surface area contributed by atoms with Gasteiger partial charge in [-0.3, -0.25) is 0 Å². The molecule has 0 radical (unpaired) electrons. The minimum absolute atomic E-state index is 0.126. The number of hydrogen-bond acceptors (Lipinski definition) is 4. The maximum Gasteiger partial charge on any atom is 0.408 e. The maximum atomic E-state index is 11.8. The van der Waals surface area contributed by atoms with E-state index in [9.17, 15) is 4.79 Å². The predicted molar refractivity (Wildman–Crippen MR) is 83.4 cm³/mol. The fourth-order valence-electron chi connectivity index (χ4n) is 1.78. The molecule has 0 heterocycles. The fourth-order valence-corrected chi connectivity index (χ4v) is 1.78. The molecule has 0 fully saturated rings. The number of rotatable bonds is 5. The Hall–Kier alpha value is -1.75. The van der Waals surface area contributed by atoms with Gasteiger partial charge in [0.05, 0.1) is 12.1 Å². The summed E-state index contributed by atoms with van der Waals surface area (Å²) in [6, 6.07) is 7.25. The molecule has 0 aliphatic rings. The highest BCUT2D eigenvalue weighted by Gasteiger charge is 2.19. The van der Waals surface area contributed by atoms with E-state index in [2.05, 4.69) is 5.32 Å². The van der Waals surface area contributed by atoms with Crippen molar-refractivity contribution >= 4 is 6.09 Å². The summed E-state index contributed by atoms with van der Waals surface area (Å²) in [5.74, 6) is 0.793. The van der Waals surface area contributed by atoms with Gasteiger partial charge in [-0.05, 0) is 52.3 Å². The van der Waals surface area contributed by atoms with Crippen molar-refractivity contribution in [1.29, 1.82) is 0 Å². The van der Waals surface area contributed by atoms with Crippen LogP contribution in [0.15, 0.2) is 24.3 Å². The zero-order valence-corrected chi connectivity index (χ0v) is 13.5. The normalized spacial score (nSPS) is 12.9. The fraction of sp³-hybridized carbons (Fsp3) is 0.562. The van der Waals surface area contributed by atoms with Crippen molar-refractivity contribution in [3.05, 3.63) is 29.8 Å². The first-order chi connectivity index (χ1) is 9.71. The molecular formula is C16H26N2O3. The van der Waals surface area contributed by atoms with Gasteiger partial charge in [-0.25, -0.2) is 4.79 Å². The molecule has 0 saturated carbocycles. The third kappa shape index (κ3) is 6.49. The third-order valence-corrected chi connectivity index (χ3v) is 2.58. The average molecular weight is 294 g/mol. The first-order valence-electron chi connectivity index (χ1n) is 7.17. The molecule has 0 aromatic heterocycles. The van der Waals surface area contributed by atoms with Crippen LogP contribution in [0.3, 0.4) is 0 Å². The Kier molecular flexibility index (Phi) is 6.03. The SMILES string of the molecule is CC(C)Oc1ccc(C(CN)NC(=O)OC(C)(C)C)cc1. The summed E-state index contributed by atoms with van der Waals surface area (Å²) < 4.78 is 10.8. The van der Waals surface area contributed by atoms with E-state index in [1.54, 1.807) is 0 Å². The first-order valence-corrected chi connectivity index (χ1v) is 7.17. The van der Waals surface area contributed by atoms with Gasteiger partial charge >= 0.3 is 6.09 Å². The summed E-state index contributed by atoms with van der Waals surface area (Å²) in [7, 11) is 0. The highest BCUT2D eigenvalue weighted by molar-refractivity contribution is 5.68. The number of ether oxygens (including phenoxy) is 2. The number of carbonyl (C=O) groups excluding carboxylic acids is 1. The molecule has 1 rings (SSSR count). The van der Waals surface area contributed by atoms with Crippen LogP contribution in [0.2, 0.25) is 0 Å².